The predicted molar refractivity (Wildman–Crippen MR) is 76.2 cm³/mol. The van der Waals surface area contributed by atoms with Crippen molar-refractivity contribution in [1.82, 2.24) is 9.97 Å². The molecule has 106 valence electrons. The van der Waals surface area contributed by atoms with Gasteiger partial charge in [-0.2, -0.15) is 0 Å². The largest absolute Gasteiger partial charge is 0.372 e. The van der Waals surface area contributed by atoms with Gasteiger partial charge < -0.3 is 15.1 Å². The second-order valence-corrected chi connectivity index (χ2v) is 5.46. The Hall–Kier alpha value is -1.40. The van der Waals surface area contributed by atoms with Gasteiger partial charge in [0.25, 0.3) is 0 Å². The van der Waals surface area contributed by atoms with E-state index in [1.165, 1.54) is 0 Å². The normalized spacial score (nSPS) is 18.5. The van der Waals surface area contributed by atoms with Crippen LogP contribution in [0.2, 0.25) is 0 Å². The molecule has 0 aromatic carbocycles. The fourth-order valence-corrected chi connectivity index (χ4v) is 2.35. The van der Waals surface area contributed by atoms with Crippen LogP contribution >= 0.6 is 0 Å². The van der Waals surface area contributed by atoms with Crippen LogP contribution in [-0.2, 0) is 11.2 Å². The second kappa shape index (κ2) is 5.30. The summed E-state index contributed by atoms with van der Waals surface area (Å²) in [6.45, 7) is 10.6. The average Bonchev–Trinajstić information content (AvgIpc) is 2.38. The highest BCUT2D eigenvalue weighted by Gasteiger charge is 2.29. The molecule has 1 saturated heterocycles. The first-order chi connectivity index (χ1) is 8.96. The lowest BCUT2D eigenvalue weighted by molar-refractivity contribution is -0.0279. The fourth-order valence-electron chi connectivity index (χ4n) is 2.35. The molecular weight excluding hydrogens is 242 g/mol. The van der Waals surface area contributed by atoms with E-state index >= 15 is 0 Å². The molecule has 1 aliphatic rings. The topological polar surface area (TPSA) is 76.3 Å². The van der Waals surface area contributed by atoms with Crippen molar-refractivity contribution in [3.05, 3.63) is 11.4 Å². The molecule has 0 bridgehead atoms. The van der Waals surface area contributed by atoms with Gasteiger partial charge in [0.2, 0.25) is 0 Å². The van der Waals surface area contributed by atoms with Gasteiger partial charge in [-0.15, -0.1) is 0 Å². The van der Waals surface area contributed by atoms with Gasteiger partial charge in [-0.05, 0) is 20.8 Å². The summed E-state index contributed by atoms with van der Waals surface area (Å²) in [4.78, 5) is 11.3. The minimum atomic E-state index is -0.154. The number of hydrogen-bond acceptors (Lipinski definition) is 6. The molecule has 0 atom stereocenters. The molecule has 1 aliphatic heterocycles. The van der Waals surface area contributed by atoms with Crippen molar-refractivity contribution >= 4 is 11.6 Å². The minimum Gasteiger partial charge on any atom is -0.372 e. The third-order valence-corrected chi connectivity index (χ3v) is 3.34. The number of nitrogens with one attached hydrogen (secondary N) is 1. The molecule has 0 amide bonds. The molecule has 19 heavy (non-hydrogen) atoms. The molecule has 1 aromatic heterocycles. The van der Waals surface area contributed by atoms with Crippen molar-refractivity contribution in [2.45, 2.75) is 39.7 Å². The fraction of sp³-hybridized carbons (Fsp3) is 0.692. The van der Waals surface area contributed by atoms with Gasteiger partial charge in [0.05, 0.1) is 12.2 Å². The van der Waals surface area contributed by atoms with Crippen LogP contribution in [0.4, 0.5) is 11.6 Å². The van der Waals surface area contributed by atoms with Crippen molar-refractivity contribution in [1.29, 1.82) is 0 Å². The molecule has 1 aromatic rings. The Labute approximate surface area is 114 Å². The highest BCUT2D eigenvalue weighted by atomic mass is 16.5. The molecule has 0 radical (unpaired) electrons. The molecule has 2 heterocycles. The van der Waals surface area contributed by atoms with Gasteiger partial charge in [-0.1, -0.05) is 6.92 Å². The number of anilines is 2. The van der Waals surface area contributed by atoms with Crippen LogP contribution < -0.4 is 16.2 Å². The SMILES string of the molecule is CCc1nc(NN)c(C)c(N2CCOC(C)(C)C2)n1. The molecule has 2 rings (SSSR count). The predicted octanol–water partition coefficient (Wildman–Crippen LogP) is 1.25. The van der Waals surface area contributed by atoms with Gasteiger partial charge in [0.15, 0.2) is 0 Å². The van der Waals surface area contributed by atoms with E-state index in [9.17, 15) is 0 Å². The first-order valence-electron chi connectivity index (χ1n) is 6.70. The quantitative estimate of drug-likeness (QED) is 0.633. The number of nitrogens with two attached hydrogens (primary N) is 1. The van der Waals surface area contributed by atoms with Gasteiger partial charge in [0, 0.05) is 25.1 Å². The maximum Gasteiger partial charge on any atom is 0.148 e. The van der Waals surface area contributed by atoms with E-state index in [0.29, 0.717) is 12.4 Å². The molecule has 0 unspecified atom stereocenters. The van der Waals surface area contributed by atoms with Crippen molar-refractivity contribution in [2.75, 3.05) is 30.0 Å². The zero-order valence-corrected chi connectivity index (χ0v) is 12.2. The Morgan fingerprint density at radius 2 is 2.16 bits per heavy atom. The molecule has 0 saturated carbocycles. The average molecular weight is 265 g/mol. The zero-order valence-electron chi connectivity index (χ0n) is 12.2. The first kappa shape index (κ1) is 14.0. The van der Waals surface area contributed by atoms with Crippen LogP contribution in [0.3, 0.4) is 0 Å². The molecule has 1 fully saturated rings. The lowest BCUT2D eigenvalue weighted by atomic mass is 10.1. The first-order valence-corrected chi connectivity index (χ1v) is 6.70. The number of aryl methyl sites for hydroxylation is 1. The summed E-state index contributed by atoms with van der Waals surface area (Å²) in [7, 11) is 0. The van der Waals surface area contributed by atoms with Crippen molar-refractivity contribution in [2.24, 2.45) is 5.84 Å². The molecular formula is C13H23N5O. The number of rotatable bonds is 3. The summed E-state index contributed by atoms with van der Waals surface area (Å²) < 4.78 is 5.74. The van der Waals surface area contributed by atoms with Gasteiger partial charge in [-0.3, -0.25) is 0 Å². The Balaban J connectivity index is 2.37. The number of nitrogens with zero attached hydrogens (tertiary/aromatic N) is 3. The highest BCUT2D eigenvalue weighted by Crippen LogP contribution is 2.27. The maximum atomic E-state index is 5.74. The summed E-state index contributed by atoms with van der Waals surface area (Å²) in [6.07, 6.45) is 0.787. The van der Waals surface area contributed by atoms with E-state index in [0.717, 1.165) is 36.7 Å². The Morgan fingerprint density at radius 3 is 2.74 bits per heavy atom. The molecule has 3 N–H and O–H groups in total. The Morgan fingerprint density at radius 1 is 1.42 bits per heavy atom. The molecule has 0 aliphatic carbocycles. The summed E-state index contributed by atoms with van der Waals surface area (Å²) in [5, 5.41) is 0. The smallest absolute Gasteiger partial charge is 0.148 e. The van der Waals surface area contributed by atoms with Crippen LogP contribution in [0, 0.1) is 6.92 Å². The lowest BCUT2D eigenvalue weighted by Crippen LogP contribution is -2.49. The van der Waals surface area contributed by atoms with Crippen LogP contribution in [-0.4, -0.2) is 35.3 Å². The maximum absolute atomic E-state index is 5.74. The van der Waals surface area contributed by atoms with Crippen molar-refractivity contribution in [3.63, 3.8) is 0 Å². The van der Waals surface area contributed by atoms with E-state index < -0.39 is 0 Å². The van der Waals surface area contributed by atoms with E-state index in [1.807, 2.05) is 13.8 Å². The van der Waals surface area contributed by atoms with Crippen molar-refractivity contribution < 1.29 is 4.74 Å². The number of nitrogen functional groups attached to an aromatic ring is 1. The second-order valence-electron chi connectivity index (χ2n) is 5.46. The standard InChI is InChI=1S/C13H23N5O/c1-5-10-15-11(17-14)9(2)12(16-10)18-6-7-19-13(3,4)8-18/h5-8,14H2,1-4H3,(H,15,16,17). The summed E-state index contributed by atoms with van der Waals surface area (Å²) >= 11 is 0. The minimum absolute atomic E-state index is 0.154. The third kappa shape index (κ3) is 2.96. The molecule has 0 spiro atoms. The van der Waals surface area contributed by atoms with Gasteiger partial charge in [-0.25, -0.2) is 15.8 Å². The van der Waals surface area contributed by atoms with E-state index in [-0.39, 0.29) is 5.60 Å². The molecule has 6 heteroatoms. The van der Waals surface area contributed by atoms with Crippen molar-refractivity contribution in [3.8, 4) is 0 Å². The summed E-state index contributed by atoms with van der Waals surface area (Å²) in [5.74, 6) is 8.00. The van der Waals surface area contributed by atoms with Crippen LogP contribution in [0.25, 0.3) is 0 Å². The summed E-state index contributed by atoms with van der Waals surface area (Å²) in [5.41, 5.74) is 3.49. The van der Waals surface area contributed by atoms with Crippen LogP contribution in [0.1, 0.15) is 32.2 Å². The third-order valence-electron chi connectivity index (χ3n) is 3.34. The zero-order chi connectivity index (χ0) is 14.0. The van der Waals surface area contributed by atoms with Gasteiger partial charge in [0.1, 0.15) is 17.5 Å². The Bertz CT molecular complexity index is 461. The van der Waals surface area contributed by atoms with Crippen LogP contribution in [0.15, 0.2) is 0 Å². The number of ether oxygens (including phenoxy) is 1. The monoisotopic (exact) mass is 265 g/mol. The number of morpholine rings is 1. The van der Waals surface area contributed by atoms with E-state index in [1.54, 1.807) is 0 Å². The number of aromatic nitrogens is 2. The van der Waals surface area contributed by atoms with E-state index in [4.69, 9.17) is 10.6 Å². The van der Waals surface area contributed by atoms with Gasteiger partial charge >= 0.3 is 0 Å². The number of hydrogen-bond donors (Lipinski definition) is 2. The number of hydrazine groups is 1. The lowest BCUT2D eigenvalue weighted by Gasteiger charge is -2.39. The highest BCUT2D eigenvalue weighted by molar-refractivity contribution is 5.58. The van der Waals surface area contributed by atoms with E-state index in [2.05, 4.69) is 34.1 Å². The van der Waals surface area contributed by atoms with Crippen LogP contribution in [0.5, 0.6) is 0 Å². The Kier molecular flexibility index (Phi) is 3.91. The molecule has 6 nitrogen and oxygen atoms in total. The summed E-state index contributed by atoms with van der Waals surface area (Å²) in [6, 6.07) is 0.